The summed E-state index contributed by atoms with van der Waals surface area (Å²) in [5.74, 6) is 0.820. The number of nitrogens with zero attached hydrogens (tertiary/aromatic N) is 2. The Morgan fingerprint density at radius 1 is 1.32 bits per heavy atom. The van der Waals surface area contributed by atoms with Crippen molar-refractivity contribution in [2.45, 2.75) is 19.8 Å². The first-order chi connectivity index (χ1) is 10.6. The van der Waals surface area contributed by atoms with Crippen LogP contribution in [-0.4, -0.2) is 29.5 Å². The van der Waals surface area contributed by atoms with Crippen molar-refractivity contribution in [2.75, 3.05) is 25.0 Å². The second-order valence-electron chi connectivity index (χ2n) is 6.24. The quantitative estimate of drug-likeness (QED) is 0.670. The monoisotopic (exact) mass is 300 g/mol. The Balaban J connectivity index is 1.74. The van der Waals surface area contributed by atoms with Crippen LogP contribution in [0.1, 0.15) is 19.8 Å². The third kappa shape index (κ3) is 3.17. The molecule has 1 fully saturated rings. The van der Waals surface area contributed by atoms with E-state index in [0.717, 1.165) is 49.2 Å². The number of aromatic nitrogens is 1. The summed E-state index contributed by atoms with van der Waals surface area (Å²) in [7, 11) is 0. The third-order valence-electron chi connectivity index (χ3n) is 4.39. The fourth-order valence-corrected chi connectivity index (χ4v) is 2.84. The number of anilines is 1. The highest BCUT2D eigenvalue weighted by Crippen LogP contribution is 2.28. The molecule has 0 saturated carbocycles. The van der Waals surface area contributed by atoms with E-state index < -0.39 is 0 Å². The molecule has 6 nitrogen and oxygen atoms in total. The van der Waals surface area contributed by atoms with Gasteiger partial charge in [-0.05, 0) is 49.5 Å². The zero-order chi connectivity index (χ0) is 15.6. The summed E-state index contributed by atoms with van der Waals surface area (Å²) in [5, 5.41) is 18.4. The van der Waals surface area contributed by atoms with E-state index in [9.17, 15) is 10.1 Å². The number of nitro benzene ring substituents is 1. The zero-order valence-electron chi connectivity index (χ0n) is 12.6. The molecule has 2 heterocycles. The van der Waals surface area contributed by atoms with Crippen molar-refractivity contribution < 1.29 is 4.92 Å². The van der Waals surface area contributed by atoms with E-state index >= 15 is 0 Å². The minimum Gasteiger partial charge on any atom is -0.370 e. The lowest BCUT2D eigenvalue weighted by Crippen LogP contribution is -2.39. The Morgan fingerprint density at radius 3 is 2.82 bits per heavy atom. The van der Waals surface area contributed by atoms with Gasteiger partial charge in [-0.15, -0.1) is 0 Å². The van der Waals surface area contributed by atoms with Crippen molar-refractivity contribution in [3.05, 3.63) is 40.4 Å². The molecule has 22 heavy (non-hydrogen) atoms. The van der Waals surface area contributed by atoms with Gasteiger partial charge >= 0.3 is 0 Å². The van der Waals surface area contributed by atoms with Crippen LogP contribution in [-0.2, 0) is 0 Å². The number of benzene rings is 1. The Kier molecular flexibility index (Phi) is 3.94. The standard InChI is InChI=1S/C16H20N4O2/c1-16(6-8-17-9-7-16)11-18-15-5-2-12-10-13(20(21)22)3-4-14(12)19-15/h2-5,10,17H,6-9,11H2,1H3,(H,18,19). The van der Waals surface area contributed by atoms with E-state index in [-0.39, 0.29) is 16.0 Å². The number of hydrogen-bond donors (Lipinski definition) is 2. The van der Waals surface area contributed by atoms with Crippen LogP contribution >= 0.6 is 0 Å². The SMILES string of the molecule is CC1(CNc2ccc3cc([N+](=O)[O-])ccc3n2)CCNCC1. The molecule has 1 aliphatic heterocycles. The molecule has 0 atom stereocenters. The lowest BCUT2D eigenvalue weighted by molar-refractivity contribution is -0.384. The van der Waals surface area contributed by atoms with Gasteiger partial charge in [0.2, 0.25) is 0 Å². The molecular formula is C16H20N4O2. The summed E-state index contributed by atoms with van der Waals surface area (Å²) >= 11 is 0. The number of nitrogens with one attached hydrogen (secondary N) is 2. The van der Waals surface area contributed by atoms with Crippen LogP contribution in [0.5, 0.6) is 0 Å². The number of rotatable bonds is 4. The molecule has 116 valence electrons. The fraction of sp³-hybridized carbons (Fsp3) is 0.438. The number of non-ortho nitro benzene ring substituents is 1. The smallest absolute Gasteiger partial charge is 0.270 e. The van der Waals surface area contributed by atoms with Crippen molar-refractivity contribution >= 4 is 22.4 Å². The zero-order valence-corrected chi connectivity index (χ0v) is 12.6. The molecule has 0 bridgehead atoms. The predicted octanol–water partition coefficient (Wildman–Crippen LogP) is 2.94. The van der Waals surface area contributed by atoms with Crippen LogP contribution in [0.25, 0.3) is 10.9 Å². The lowest BCUT2D eigenvalue weighted by Gasteiger charge is -2.34. The maximum absolute atomic E-state index is 10.8. The van der Waals surface area contributed by atoms with Crippen LogP contribution in [0, 0.1) is 15.5 Å². The van der Waals surface area contributed by atoms with E-state index in [1.165, 1.54) is 6.07 Å². The molecule has 2 N–H and O–H groups in total. The fourth-order valence-electron chi connectivity index (χ4n) is 2.84. The molecule has 0 amide bonds. The van der Waals surface area contributed by atoms with Crippen molar-refractivity contribution in [3.8, 4) is 0 Å². The number of piperidine rings is 1. The van der Waals surface area contributed by atoms with Crippen molar-refractivity contribution in [1.82, 2.24) is 10.3 Å². The summed E-state index contributed by atoms with van der Waals surface area (Å²) in [6.45, 7) is 5.31. The first kappa shape index (κ1) is 14.7. The van der Waals surface area contributed by atoms with Gasteiger partial charge in [0.25, 0.3) is 5.69 Å². The van der Waals surface area contributed by atoms with Gasteiger partial charge in [0.05, 0.1) is 10.4 Å². The predicted molar refractivity (Wildman–Crippen MR) is 87.1 cm³/mol. The maximum atomic E-state index is 10.8. The van der Waals surface area contributed by atoms with Crippen LogP contribution < -0.4 is 10.6 Å². The van der Waals surface area contributed by atoms with Crippen molar-refractivity contribution in [2.24, 2.45) is 5.41 Å². The average molecular weight is 300 g/mol. The molecule has 1 aromatic heterocycles. The Hall–Kier alpha value is -2.21. The topological polar surface area (TPSA) is 80.1 Å². The largest absolute Gasteiger partial charge is 0.370 e. The number of hydrogen-bond acceptors (Lipinski definition) is 5. The molecule has 0 spiro atoms. The summed E-state index contributed by atoms with van der Waals surface area (Å²) < 4.78 is 0. The summed E-state index contributed by atoms with van der Waals surface area (Å²) in [6, 6.07) is 8.51. The minimum absolute atomic E-state index is 0.0947. The summed E-state index contributed by atoms with van der Waals surface area (Å²) in [6.07, 6.45) is 2.31. The van der Waals surface area contributed by atoms with Crippen LogP contribution in [0.2, 0.25) is 0 Å². The van der Waals surface area contributed by atoms with Gasteiger partial charge < -0.3 is 10.6 Å². The van der Waals surface area contributed by atoms with Gasteiger partial charge in [0.15, 0.2) is 0 Å². The molecular weight excluding hydrogens is 280 g/mol. The summed E-state index contributed by atoms with van der Waals surface area (Å²) in [4.78, 5) is 14.9. The summed E-state index contributed by atoms with van der Waals surface area (Å²) in [5.41, 5.74) is 1.15. The van der Waals surface area contributed by atoms with Crippen LogP contribution in [0.3, 0.4) is 0 Å². The van der Waals surface area contributed by atoms with Gasteiger partial charge in [0.1, 0.15) is 5.82 Å². The van der Waals surface area contributed by atoms with E-state index in [1.54, 1.807) is 12.1 Å². The Labute approximate surface area is 129 Å². The van der Waals surface area contributed by atoms with E-state index in [1.807, 2.05) is 12.1 Å². The van der Waals surface area contributed by atoms with Crippen molar-refractivity contribution in [3.63, 3.8) is 0 Å². The van der Waals surface area contributed by atoms with Gasteiger partial charge in [0, 0.05) is 24.1 Å². The highest BCUT2D eigenvalue weighted by molar-refractivity contribution is 5.82. The Bertz CT molecular complexity index is 696. The molecule has 1 aliphatic rings. The van der Waals surface area contributed by atoms with Gasteiger partial charge in [-0.25, -0.2) is 4.98 Å². The second kappa shape index (κ2) is 5.88. The molecule has 1 saturated heterocycles. The van der Waals surface area contributed by atoms with Gasteiger partial charge in [-0.1, -0.05) is 6.92 Å². The molecule has 6 heteroatoms. The number of nitro groups is 1. The average Bonchev–Trinajstić information content (AvgIpc) is 2.53. The first-order valence-electron chi connectivity index (χ1n) is 7.56. The third-order valence-corrected chi connectivity index (χ3v) is 4.39. The van der Waals surface area contributed by atoms with Gasteiger partial charge in [-0.3, -0.25) is 10.1 Å². The molecule has 3 rings (SSSR count). The molecule has 2 aromatic rings. The van der Waals surface area contributed by atoms with Crippen LogP contribution in [0.15, 0.2) is 30.3 Å². The molecule has 0 unspecified atom stereocenters. The van der Waals surface area contributed by atoms with Crippen LogP contribution in [0.4, 0.5) is 11.5 Å². The minimum atomic E-state index is -0.385. The lowest BCUT2D eigenvalue weighted by atomic mass is 9.81. The molecule has 0 aliphatic carbocycles. The number of fused-ring (bicyclic) bond motifs is 1. The second-order valence-corrected chi connectivity index (χ2v) is 6.24. The van der Waals surface area contributed by atoms with Crippen molar-refractivity contribution in [1.29, 1.82) is 0 Å². The highest BCUT2D eigenvalue weighted by atomic mass is 16.6. The first-order valence-corrected chi connectivity index (χ1v) is 7.56. The molecule has 1 aromatic carbocycles. The van der Waals surface area contributed by atoms with E-state index in [0.29, 0.717) is 0 Å². The number of pyridine rings is 1. The highest BCUT2D eigenvalue weighted by Gasteiger charge is 2.26. The molecule has 0 radical (unpaired) electrons. The Morgan fingerprint density at radius 2 is 2.09 bits per heavy atom. The maximum Gasteiger partial charge on any atom is 0.270 e. The normalized spacial score (nSPS) is 17.3. The van der Waals surface area contributed by atoms with E-state index in [2.05, 4.69) is 22.5 Å². The van der Waals surface area contributed by atoms with Gasteiger partial charge in [-0.2, -0.15) is 0 Å². The van der Waals surface area contributed by atoms with E-state index in [4.69, 9.17) is 0 Å².